The maximum absolute atomic E-state index is 12.5. The number of hydrogen-bond donors (Lipinski definition) is 2. The molecule has 2 saturated heterocycles. The second-order valence-corrected chi connectivity index (χ2v) is 7.27. The minimum Gasteiger partial charge on any atom is -0.473 e. The molecule has 2 aliphatic rings. The molecule has 3 rings (SSSR count). The first kappa shape index (κ1) is 22.8. The molecule has 0 saturated carbocycles. The van der Waals surface area contributed by atoms with Gasteiger partial charge in [-0.3, -0.25) is 9.69 Å². The molecule has 2 fully saturated rings. The van der Waals surface area contributed by atoms with Crippen LogP contribution in [0.1, 0.15) is 30.9 Å². The molecule has 0 bridgehead atoms. The Morgan fingerprint density at radius 3 is 1.93 bits per heavy atom. The van der Waals surface area contributed by atoms with Gasteiger partial charge in [0.15, 0.2) is 0 Å². The van der Waals surface area contributed by atoms with Gasteiger partial charge in [0.1, 0.15) is 0 Å². The largest absolute Gasteiger partial charge is 0.473 e. The van der Waals surface area contributed by atoms with E-state index in [0.717, 1.165) is 52.0 Å². The smallest absolute Gasteiger partial charge is 0.414 e. The summed E-state index contributed by atoms with van der Waals surface area (Å²) in [5.41, 5.74) is 2.77. The van der Waals surface area contributed by atoms with Crippen LogP contribution in [0.5, 0.6) is 0 Å². The Morgan fingerprint density at radius 1 is 0.931 bits per heavy atom. The number of carboxylic acid groups (broad SMARTS) is 2. The molecule has 2 N–H and O–H groups in total. The van der Waals surface area contributed by atoms with Crippen molar-refractivity contribution < 1.29 is 29.3 Å². The molecule has 0 unspecified atom stereocenters. The fourth-order valence-electron chi connectivity index (χ4n) is 3.52. The minimum atomic E-state index is -1.82. The molecule has 8 nitrogen and oxygen atoms in total. The Kier molecular flexibility index (Phi) is 9.08. The molecule has 0 aromatic heterocycles. The summed E-state index contributed by atoms with van der Waals surface area (Å²) in [6.07, 6.45) is 3.07. The summed E-state index contributed by atoms with van der Waals surface area (Å²) in [5, 5.41) is 14.8. The summed E-state index contributed by atoms with van der Waals surface area (Å²) >= 11 is 0. The van der Waals surface area contributed by atoms with Crippen molar-refractivity contribution in [2.24, 2.45) is 5.92 Å². The van der Waals surface area contributed by atoms with Gasteiger partial charge < -0.3 is 19.8 Å². The molecule has 0 radical (unpaired) electrons. The Morgan fingerprint density at radius 2 is 1.45 bits per heavy atom. The van der Waals surface area contributed by atoms with E-state index >= 15 is 0 Å². The van der Waals surface area contributed by atoms with Crippen molar-refractivity contribution in [1.82, 2.24) is 9.80 Å². The molecule has 0 aliphatic carbocycles. The maximum Gasteiger partial charge on any atom is 0.414 e. The molecule has 1 aromatic rings. The highest BCUT2D eigenvalue weighted by atomic mass is 16.5. The van der Waals surface area contributed by atoms with Gasteiger partial charge in [0.25, 0.3) is 0 Å². The average Bonchev–Trinajstić information content (AvgIpc) is 2.75. The lowest BCUT2D eigenvalue weighted by atomic mass is 9.94. The normalized spacial score (nSPS) is 17.9. The van der Waals surface area contributed by atoms with Gasteiger partial charge in [-0.15, -0.1) is 0 Å². The third-order valence-corrected chi connectivity index (χ3v) is 5.28. The SMILES string of the molecule is CCc1ccc(CN2CCC(C(=O)N3CCOCC3)CC2)cc1.O=C(O)C(=O)O. The summed E-state index contributed by atoms with van der Waals surface area (Å²) in [6, 6.07) is 8.93. The zero-order valence-electron chi connectivity index (χ0n) is 16.9. The average molecular weight is 406 g/mol. The van der Waals surface area contributed by atoms with Crippen molar-refractivity contribution >= 4 is 17.8 Å². The van der Waals surface area contributed by atoms with Gasteiger partial charge in [-0.2, -0.15) is 0 Å². The van der Waals surface area contributed by atoms with Gasteiger partial charge in [-0.1, -0.05) is 31.2 Å². The number of aliphatic carboxylic acids is 2. The van der Waals surface area contributed by atoms with E-state index in [9.17, 15) is 4.79 Å². The first-order valence-electron chi connectivity index (χ1n) is 10.0. The molecule has 160 valence electrons. The van der Waals surface area contributed by atoms with Crippen LogP contribution in [0.25, 0.3) is 0 Å². The monoisotopic (exact) mass is 406 g/mol. The van der Waals surface area contributed by atoms with Crippen LogP contribution in [0, 0.1) is 5.92 Å². The Bertz CT molecular complexity index is 665. The first-order valence-corrected chi connectivity index (χ1v) is 10.0. The molecular weight excluding hydrogens is 376 g/mol. The quantitative estimate of drug-likeness (QED) is 0.729. The van der Waals surface area contributed by atoms with E-state index in [1.807, 2.05) is 4.90 Å². The number of piperidine rings is 1. The van der Waals surface area contributed by atoms with Crippen LogP contribution in [0.4, 0.5) is 0 Å². The highest BCUT2D eigenvalue weighted by Crippen LogP contribution is 2.22. The number of carbonyl (C=O) groups excluding carboxylic acids is 1. The zero-order chi connectivity index (χ0) is 21.2. The molecule has 0 spiro atoms. The van der Waals surface area contributed by atoms with Crippen LogP contribution in [-0.2, 0) is 32.1 Å². The lowest BCUT2D eigenvalue weighted by Crippen LogP contribution is -2.46. The van der Waals surface area contributed by atoms with E-state index in [1.54, 1.807) is 0 Å². The number of morpholine rings is 1. The van der Waals surface area contributed by atoms with Crippen molar-refractivity contribution in [2.75, 3.05) is 39.4 Å². The van der Waals surface area contributed by atoms with E-state index in [0.29, 0.717) is 19.1 Å². The summed E-state index contributed by atoms with van der Waals surface area (Å²) in [6.45, 7) is 8.16. The van der Waals surface area contributed by atoms with Crippen molar-refractivity contribution in [3.8, 4) is 0 Å². The van der Waals surface area contributed by atoms with Crippen LogP contribution < -0.4 is 0 Å². The second-order valence-electron chi connectivity index (χ2n) is 7.27. The Labute approximate surface area is 171 Å². The van der Waals surface area contributed by atoms with Gasteiger partial charge in [0.05, 0.1) is 13.2 Å². The number of carboxylic acids is 2. The number of nitrogens with zero attached hydrogens (tertiary/aromatic N) is 2. The van der Waals surface area contributed by atoms with E-state index in [1.165, 1.54) is 11.1 Å². The van der Waals surface area contributed by atoms with Gasteiger partial charge in [-0.05, 0) is 43.5 Å². The zero-order valence-corrected chi connectivity index (χ0v) is 16.9. The summed E-state index contributed by atoms with van der Waals surface area (Å²) in [5.74, 6) is -3.09. The summed E-state index contributed by atoms with van der Waals surface area (Å²) < 4.78 is 5.33. The lowest BCUT2D eigenvalue weighted by molar-refractivity contribution is -0.159. The molecule has 2 heterocycles. The number of ether oxygens (including phenoxy) is 1. The van der Waals surface area contributed by atoms with E-state index in [-0.39, 0.29) is 5.92 Å². The highest BCUT2D eigenvalue weighted by molar-refractivity contribution is 6.27. The van der Waals surface area contributed by atoms with E-state index in [4.69, 9.17) is 24.5 Å². The van der Waals surface area contributed by atoms with Crippen molar-refractivity contribution in [2.45, 2.75) is 32.7 Å². The molecule has 2 aliphatic heterocycles. The fraction of sp³-hybridized carbons (Fsp3) is 0.571. The maximum atomic E-state index is 12.5. The molecular formula is C21H30N2O6. The predicted octanol–water partition coefficient (Wildman–Crippen LogP) is 1.48. The standard InChI is InChI=1S/C19H28N2O2.C2H2O4/c1-2-16-3-5-17(6-4-16)15-20-9-7-18(8-10-20)19(22)21-11-13-23-14-12-21;3-1(4)2(5)6/h3-6,18H,2,7-15H2,1H3;(H,3,4)(H,5,6). The number of carbonyl (C=O) groups is 3. The second kappa shape index (κ2) is 11.5. The van der Waals surface area contributed by atoms with Crippen LogP contribution in [0.3, 0.4) is 0 Å². The number of rotatable bonds is 4. The first-order chi connectivity index (χ1) is 13.9. The third kappa shape index (κ3) is 7.47. The Balaban J connectivity index is 0.000000438. The van der Waals surface area contributed by atoms with E-state index < -0.39 is 11.9 Å². The molecule has 1 amide bonds. The van der Waals surface area contributed by atoms with Gasteiger partial charge in [0.2, 0.25) is 5.91 Å². The van der Waals surface area contributed by atoms with Crippen LogP contribution in [-0.4, -0.2) is 77.3 Å². The summed E-state index contributed by atoms with van der Waals surface area (Å²) in [7, 11) is 0. The molecule has 1 aromatic carbocycles. The summed E-state index contributed by atoms with van der Waals surface area (Å²) in [4.78, 5) is 35.2. The van der Waals surface area contributed by atoms with Gasteiger partial charge >= 0.3 is 11.9 Å². The number of hydrogen-bond acceptors (Lipinski definition) is 5. The number of benzene rings is 1. The molecule has 8 heteroatoms. The third-order valence-electron chi connectivity index (χ3n) is 5.28. The van der Waals surface area contributed by atoms with Crippen LogP contribution >= 0.6 is 0 Å². The number of amides is 1. The fourth-order valence-corrected chi connectivity index (χ4v) is 3.52. The highest BCUT2D eigenvalue weighted by Gasteiger charge is 2.29. The van der Waals surface area contributed by atoms with Crippen LogP contribution in [0.2, 0.25) is 0 Å². The van der Waals surface area contributed by atoms with Crippen molar-refractivity contribution in [3.05, 3.63) is 35.4 Å². The van der Waals surface area contributed by atoms with Gasteiger partial charge in [0, 0.05) is 25.6 Å². The Hall–Kier alpha value is -2.45. The van der Waals surface area contributed by atoms with Crippen LogP contribution in [0.15, 0.2) is 24.3 Å². The topological polar surface area (TPSA) is 107 Å². The van der Waals surface area contributed by atoms with Crippen molar-refractivity contribution in [3.63, 3.8) is 0 Å². The molecule has 29 heavy (non-hydrogen) atoms. The van der Waals surface area contributed by atoms with Crippen molar-refractivity contribution in [1.29, 1.82) is 0 Å². The molecule has 0 atom stereocenters. The minimum absolute atomic E-state index is 0.215. The number of likely N-dealkylation sites (tertiary alicyclic amines) is 1. The van der Waals surface area contributed by atoms with E-state index in [2.05, 4.69) is 36.1 Å². The number of aryl methyl sites for hydroxylation is 1. The lowest BCUT2D eigenvalue weighted by Gasteiger charge is -2.35. The van der Waals surface area contributed by atoms with Gasteiger partial charge in [-0.25, -0.2) is 9.59 Å². The predicted molar refractivity (Wildman–Crippen MR) is 106 cm³/mol.